The molecule has 0 aliphatic heterocycles. The summed E-state index contributed by atoms with van der Waals surface area (Å²) in [5.41, 5.74) is 0.703. The molecule has 0 spiro atoms. The highest BCUT2D eigenvalue weighted by atomic mass is 127. The summed E-state index contributed by atoms with van der Waals surface area (Å²) in [7, 11) is 1.59. The molecule has 1 aliphatic carbocycles. The van der Waals surface area contributed by atoms with Crippen LogP contribution in [0, 0.1) is 5.92 Å². The summed E-state index contributed by atoms with van der Waals surface area (Å²) in [6, 6.07) is 1.49. The fourth-order valence-electron chi connectivity index (χ4n) is 2.51. The Morgan fingerprint density at radius 1 is 1.45 bits per heavy atom. The molecule has 2 N–H and O–H groups in total. The van der Waals surface area contributed by atoms with Gasteiger partial charge in [-0.15, -0.1) is 24.0 Å². The van der Waals surface area contributed by atoms with Gasteiger partial charge in [0.15, 0.2) is 5.96 Å². The molecule has 1 aromatic heterocycles. The lowest BCUT2D eigenvalue weighted by Crippen LogP contribution is -2.46. The predicted molar refractivity (Wildman–Crippen MR) is 87.1 cm³/mol. The van der Waals surface area contributed by atoms with Crippen molar-refractivity contribution in [3.63, 3.8) is 0 Å². The highest BCUT2D eigenvalue weighted by molar-refractivity contribution is 14.0. The van der Waals surface area contributed by atoms with Crippen LogP contribution >= 0.6 is 24.0 Å². The van der Waals surface area contributed by atoms with Gasteiger partial charge < -0.3 is 15.2 Å². The standard InChI is InChI=1S/C13H19F3N4O.HI/c1-17-12(18-8-11-5-6-21-20-11)19-10-4-2-3-9(7-10)13(14,15)16;/h5-6,9-10H,2-4,7-8H2,1H3,(H2,17,18,19);1H. The lowest BCUT2D eigenvalue weighted by Gasteiger charge is -2.31. The van der Waals surface area contributed by atoms with Gasteiger partial charge in [-0.05, 0) is 19.3 Å². The molecule has 0 radical (unpaired) electrons. The molecule has 0 bridgehead atoms. The van der Waals surface area contributed by atoms with Crippen LogP contribution in [-0.2, 0) is 6.54 Å². The van der Waals surface area contributed by atoms with E-state index in [1.807, 2.05) is 0 Å². The van der Waals surface area contributed by atoms with E-state index >= 15 is 0 Å². The number of alkyl halides is 3. The predicted octanol–water partition coefficient (Wildman–Crippen LogP) is 3.08. The average Bonchev–Trinajstić information content (AvgIpc) is 2.96. The van der Waals surface area contributed by atoms with Crippen LogP contribution in [0.15, 0.2) is 21.8 Å². The van der Waals surface area contributed by atoms with Gasteiger partial charge in [-0.25, -0.2) is 0 Å². The molecule has 1 fully saturated rings. The summed E-state index contributed by atoms with van der Waals surface area (Å²) < 4.78 is 43.0. The third-order valence-electron chi connectivity index (χ3n) is 3.63. The molecule has 22 heavy (non-hydrogen) atoms. The van der Waals surface area contributed by atoms with Gasteiger partial charge in [-0.1, -0.05) is 11.6 Å². The second-order valence-electron chi connectivity index (χ2n) is 5.16. The van der Waals surface area contributed by atoms with Gasteiger partial charge >= 0.3 is 6.18 Å². The number of nitrogens with one attached hydrogen (secondary N) is 2. The van der Waals surface area contributed by atoms with Gasteiger partial charge in [0.1, 0.15) is 12.0 Å². The van der Waals surface area contributed by atoms with E-state index in [1.165, 1.54) is 6.26 Å². The molecule has 1 aliphatic rings. The van der Waals surface area contributed by atoms with Crippen molar-refractivity contribution in [2.24, 2.45) is 10.9 Å². The molecule has 0 aromatic carbocycles. The highest BCUT2D eigenvalue weighted by Gasteiger charge is 2.42. The number of aliphatic imine (C=N–C) groups is 1. The van der Waals surface area contributed by atoms with Crippen molar-refractivity contribution in [1.29, 1.82) is 0 Å². The number of hydrogen-bond donors (Lipinski definition) is 2. The normalized spacial score (nSPS) is 22.8. The molecular weight excluding hydrogens is 412 g/mol. The monoisotopic (exact) mass is 432 g/mol. The van der Waals surface area contributed by atoms with Crippen LogP contribution in [0.4, 0.5) is 13.2 Å². The van der Waals surface area contributed by atoms with Gasteiger partial charge in [0.25, 0.3) is 0 Å². The van der Waals surface area contributed by atoms with Crippen molar-refractivity contribution in [1.82, 2.24) is 15.8 Å². The fraction of sp³-hybridized carbons (Fsp3) is 0.692. The first-order valence-corrected chi connectivity index (χ1v) is 6.92. The molecular formula is C13H20F3IN4O. The van der Waals surface area contributed by atoms with Crippen LogP contribution in [0.2, 0.25) is 0 Å². The second-order valence-corrected chi connectivity index (χ2v) is 5.16. The summed E-state index contributed by atoms with van der Waals surface area (Å²) in [5.74, 6) is -0.747. The Hall–Kier alpha value is -1.00. The number of rotatable bonds is 3. The van der Waals surface area contributed by atoms with Crippen molar-refractivity contribution < 1.29 is 17.7 Å². The molecule has 1 aromatic rings. The maximum atomic E-state index is 12.8. The zero-order valence-corrected chi connectivity index (χ0v) is 14.5. The molecule has 2 atom stereocenters. The number of guanidine groups is 1. The van der Waals surface area contributed by atoms with Gasteiger partial charge in [-0.2, -0.15) is 13.2 Å². The van der Waals surface area contributed by atoms with E-state index in [1.54, 1.807) is 13.1 Å². The lowest BCUT2D eigenvalue weighted by molar-refractivity contribution is -0.183. The van der Waals surface area contributed by atoms with E-state index in [2.05, 4.69) is 20.8 Å². The third-order valence-corrected chi connectivity index (χ3v) is 3.63. The summed E-state index contributed by atoms with van der Waals surface area (Å²) in [4.78, 5) is 4.02. The van der Waals surface area contributed by atoms with E-state index in [9.17, 15) is 13.2 Å². The number of halogens is 4. The Labute approximate surface area is 144 Å². The smallest absolute Gasteiger partial charge is 0.364 e. The summed E-state index contributed by atoms with van der Waals surface area (Å²) in [6.45, 7) is 0.408. The summed E-state index contributed by atoms with van der Waals surface area (Å²) >= 11 is 0. The minimum Gasteiger partial charge on any atom is -0.364 e. The minimum atomic E-state index is -4.11. The Kier molecular flexibility index (Phi) is 7.43. The largest absolute Gasteiger partial charge is 0.391 e. The first kappa shape index (κ1) is 19.0. The van der Waals surface area contributed by atoms with Gasteiger partial charge in [0, 0.05) is 19.2 Å². The zero-order valence-electron chi connectivity index (χ0n) is 12.2. The molecule has 1 heterocycles. The Morgan fingerprint density at radius 2 is 2.23 bits per heavy atom. The summed E-state index contributed by atoms with van der Waals surface area (Å²) in [5, 5.41) is 9.80. The fourth-order valence-corrected chi connectivity index (χ4v) is 2.51. The van der Waals surface area contributed by atoms with Crippen LogP contribution < -0.4 is 10.6 Å². The van der Waals surface area contributed by atoms with Gasteiger partial charge in [-0.3, -0.25) is 4.99 Å². The maximum absolute atomic E-state index is 12.8. The SMILES string of the molecule is CN=C(NCc1ccon1)NC1CCCC(C(F)(F)F)C1.I. The van der Waals surface area contributed by atoms with Crippen molar-refractivity contribution >= 4 is 29.9 Å². The number of hydrogen-bond acceptors (Lipinski definition) is 3. The maximum Gasteiger partial charge on any atom is 0.391 e. The Bertz CT molecular complexity index is 464. The molecule has 2 unspecified atom stereocenters. The number of nitrogens with zero attached hydrogens (tertiary/aromatic N) is 2. The average molecular weight is 432 g/mol. The molecule has 126 valence electrons. The van der Waals surface area contributed by atoms with Crippen molar-refractivity contribution in [2.45, 2.75) is 44.4 Å². The number of aromatic nitrogens is 1. The highest BCUT2D eigenvalue weighted by Crippen LogP contribution is 2.37. The van der Waals surface area contributed by atoms with Crippen molar-refractivity contribution in [3.8, 4) is 0 Å². The van der Waals surface area contributed by atoms with Crippen LogP contribution in [0.1, 0.15) is 31.4 Å². The molecule has 0 amide bonds. The van der Waals surface area contributed by atoms with Crippen LogP contribution in [0.5, 0.6) is 0 Å². The van der Waals surface area contributed by atoms with Crippen molar-refractivity contribution in [2.75, 3.05) is 7.05 Å². The molecule has 5 nitrogen and oxygen atoms in total. The minimum absolute atomic E-state index is 0. The lowest BCUT2D eigenvalue weighted by atomic mass is 9.85. The van der Waals surface area contributed by atoms with Gasteiger partial charge in [0.05, 0.1) is 12.5 Å². The van der Waals surface area contributed by atoms with E-state index in [0.717, 1.165) is 6.42 Å². The Morgan fingerprint density at radius 3 is 2.82 bits per heavy atom. The second kappa shape index (κ2) is 8.59. The van der Waals surface area contributed by atoms with Crippen LogP contribution in [-0.4, -0.2) is 30.4 Å². The third kappa shape index (κ3) is 5.65. The van der Waals surface area contributed by atoms with E-state index < -0.39 is 12.1 Å². The van der Waals surface area contributed by atoms with Gasteiger partial charge in [0.2, 0.25) is 0 Å². The molecule has 0 saturated heterocycles. The molecule has 9 heteroatoms. The van der Waals surface area contributed by atoms with Crippen molar-refractivity contribution in [3.05, 3.63) is 18.0 Å². The molecule has 2 rings (SSSR count). The topological polar surface area (TPSA) is 62.5 Å². The first-order valence-electron chi connectivity index (χ1n) is 6.92. The van der Waals surface area contributed by atoms with Crippen LogP contribution in [0.3, 0.4) is 0 Å². The summed E-state index contributed by atoms with van der Waals surface area (Å²) in [6.07, 6.45) is -1.06. The van der Waals surface area contributed by atoms with E-state index in [-0.39, 0.29) is 42.9 Å². The quantitative estimate of drug-likeness (QED) is 0.438. The van der Waals surface area contributed by atoms with E-state index in [0.29, 0.717) is 24.6 Å². The van der Waals surface area contributed by atoms with E-state index in [4.69, 9.17) is 4.52 Å². The zero-order chi connectivity index (χ0) is 15.3. The first-order chi connectivity index (χ1) is 9.99. The molecule has 1 saturated carbocycles. The Balaban J connectivity index is 0.00000242. The van der Waals surface area contributed by atoms with Crippen LogP contribution in [0.25, 0.3) is 0 Å².